The molecule has 1 aromatic carbocycles. The Kier molecular flexibility index (Phi) is 3.09. The lowest BCUT2D eigenvalue weighted by Crippen LogP contribution is -1.93. The maximum atomic E-state index is 10.6. The van der Waals surface area contributed by atoms with Crippen molar-refractivity contribution in [1.29, 1.82) is 0 Å². The predicted molar refractivity (Wildman–Crippen MR) is 63.5 cm³/mol. The molecule has 0 aromatic heterocycles. The molecule has 0 radical (unpaired) electrons. The molecule has 1 fully saturated rings. The first-order valence-electron chi connectivity index (χ1n) is 5.64. The van der Waals surface area contributed by atoms with Crippen molar-refractivity contribution < 1.29 is 9.90 Å². The van der Waals surface area contributed by atoms with Gasteiger partial charge >= 0.3 is 5.97 Å². The molecule has 1 atom stereocenters. The molecule has 16 heavy (non-hydrogen) atoms. The van der Waals surface area contributed by atoms with E-state index in [0.717, 1.165) is 24.8 Å². The number of carboxylic acid groups (broad SMARTS) is 1. The number of allylic oxidation sites excluding steroid dienone is 1. The van der Waals surface area contributed by atoms with Crippen LogP contribution in [0.3, 0.4) is 0 Å². The van der Waals surface area contributed by atoms with Gasteiger partial charge in [0, 0.05) is 6.08 Å². The first-order chi connectivity index (χ1) is 7.65. The van der Waals surface area contributed by atoms with E-state index in [9.17, 15) is 4.79 Å². The number of hydrogen-bond acceptors (Lipinski definition) is 1. The van der Waals surface area contributed by atoms with Crippen LogP contribution in [0.2, 0.25) is 0 Å². The van der Waals surface area contributed by atoms with E-state index in [-0.39, 0.29) is 0 Å². The predicted octanol–water partition coefficient (Wildman–Crippen LogP) is 3.27. The number of aliphatic carboxylic acids is 1. The molecule has 0 amide bonds. The zero-order valence-corrected chi connectivity index (χ0v) is 9.44. The van der Waals surface area contributed by atoms with E-state index in [4.69, 9.17) is 5.11 Å². The average molecular weight is 216 g/mol. The zero-order chi connectivity index (χ0) is 11.5. The van der Waals surface area contributed by atoms with Crippen LogP contribution in [0.5, 0.6) is 0 Å². The van der Waals surface area contributed by atoms with Gasteiger partial charge in [0.1, 0.15) is 0 Å². The second-order valence-electron chi connectivity index (χ2n) is 4.49. The summed E-state index contributed by atoms with van der Waals surface area (Å²) in [5.41, 5.74) is 3.67. The number of benzene rings is 1. The molecule has 1 aliphatic carbocycles. The topological polar surface area (TPSA) is 37.3 Å². The van der Waals surface area contributed by atoms with Crippen LogP contribution in [0.15, 0.2) is 35.9 Å². The van der Waals surface area contributed by atoms with Gasteiger partial charge in [0.25, 0.3) is 0 Å². The summed E-state index contributed by atoms with van der Waals surface area (Å²) in [5, 5.41) is 8.69. The van der Waals surface area contributed by atoms with E-state index < -0.39 is 5.97 Å². The SMILES string of the molecule is Cc1ccc(C2CC/C(=C\C(=O)O)C2)cc1. The van der Waals surface area contributed by atoms with Crippen LogP contribution in [0, 0.1) is 6.92 Å². The molecule has 1 aliphatic rings. The van der Waals surface area contributed by atoms with Crippen molar-refractivity contribution in [2.45, 2.75) is 32.1 Å². The average Bonchev–Trinajstić information content (AvgIpc) is 2.66. The quantitative estimate of drug-likeness (QED) is 0.770. The largest absolute Gasteiger partial charge is 0.478 e. The molecular formula is C14H16O2. The molecule has 1 aromatic rings. The number of carboxylic acids is 1. The van der Waals surface area contributed by atoms with Crippen LogP contribution in [0.1, 0.15) is 36.3 Å². The van der Waals surface area contributed by atoms with Crippen LogP contribution in [-0.2, 0) is 4.79 Å². The van der Waals surface area contributed by atoms with Crippen molar-refractivity contribution in [2.75, 3.05) is 0 Å². The minimum absolute atomic E-state index is 0.506. The Balaban J connectivity index is 2.09. The van der Waals surface area contributed by atoms with Gasteiger partial charge in [-0.15, -0.1) is 0 Å². The van der Waals surface area contributed by atoms with E-state index in [1.165, 1.54) is 17.2 Å². The Morgan fingerprint density at radius 1 is 1.38 bits per heavy atom. The molecule has 0 bridgehead atoms. The molecule has 1 unspecified atom stereocenters. The molecule has 1 saturated carbocycles. The second kappa shape index (κ2) is 4.52. The molecule has 0 aliphatic heterocycles. The highest BCUT2D eigenvalue weighted by molar-refractivity contribution is 5.80. The van der Waals surface area contributed by atoms with Crippen LogP contribution in [0.25, 0.3) is 0 Å². The monoisotopic (exact) mass is 216 g/mol. The Morgan fingerprint density at radius 3 is 2.69 bits per heavy atom. The van der Waals surface area contributed by atoms with Crippen molar-refractivity contribution in [3.63, 3.8) is 0 Å². The third kappa shape index (κ3) is 2.51. The number of carbonyl (C=O) groups is 1. The van der Waals surface area contributed by atoms with Gasteiger partial charge in [-0.2, -0.15) is 0 Å². The summed E-state index contributed by atoms with van der Waals surface area (Å²) < 4.78 is 0. The summed E-state index contributed by atoms with van der Waals surface area (Å²) in [4.78, 5) is 10.6. The van der Waals surface area contributed by atoms with Crippen LogP contribution < -0.4 is 0 Å². The van der Waals surface area contributed by atoms with Gasteiger partial charge in [0.15, 0.2) is 0 Å². The first-order valence-corrected chi connectivity index (χ1v) is 5.64. The third-order valence-corrected chi connectivity index (χ3v) is 3.20. The smallest absolute Gasteiger partial charge is 0.328 e. The Hall–Kier alpha value is -1.57. The number of hydrogen-bond donors (Lipinski definition) is 1. The molecule has 2 nitrogen and oxygen atoms in total. The fourth-order valence-corrected chi connectivity index (χ4v) is 2.31. The van der Waals surface area contributed by atoms with Gasteiger partial charge in [0.2, 0.25) is 0 Å². The summed E-state index contributed by atoms with van der Waals surface area (Å²) in [5.74, 6) is -0.314. The first kappa shape index (κ1) is 10.9. The van der Waals surface area contributed by atoms with Gasteiger partial charge in [-0.1, -0.05) is 35.4 Å². The van der Waals surface area contributed by atoms with Gasteiger partial charge in [-0.05, 0) is 37.7 Å². The Morgan fingerprint density at radius 2 is 2.06 bits per heavy atom. The lowest BCUT2D eigenvalue weighted by molar-refractivity contribution is -0.131. The van der Waals surface area contributed by atoms with E-state index >= 15 is 0 Å². The van der Waals surface area contributed by atoms with Gasteiger partial charge in [-0.3, -0.25) is 0 Å². The molecule has 2 heteroatoms. The lowest BCUT2D eigenvalue weighted by atomic mass is 9.96. The van der Waals surface area contributed by atoms with Crippen LogP contribution in [-0.4, -0.2) is 11.1 Å². The summed E-state index contributed by atoms with van der Waals surface area (Å²) >= 11 is 0. The molecule has 84 valence electrons. The zero-order valence-electron chi connectivity index (χ0n) is 9.44. The summed E-state index contributed by atoms with van der Waals surface area (Å²) in [7, 11) is 0. The lowest BCUT2D eigenvalue weighted by Gasteiger charge is -2.08. The van der Waals surface area contributed by atoms with E-state index in [1.54, 1.807) is 0 Å². The summed E-state index contributed by atoms with van der Waals surface area (Å²) in [6.45, 7) is 2.08. The van der Waals surface area contributed by atoms with Crippen molar-refractivity contribution in [3.8, 4) is 0 Å². The normalized spacial score (nSPS) is 22.6. The fourth-order valence-electron chi connectivity index (χ4n) is 2.31. The summed E-state index contributed by atoms with van der Waals surface area (Å²) in [6, 6.07) is 8.55. The maximum absolute atomic E-state index is 10.6. The highest BCUT2D eigenvalue weighted by Gasteiger charge is 2.21. The highest BCUT2D eigenvalue weighted by Crippen LogP contribution is 2.37. The van der Waals surface area contributed by atoms with Gasteiger partial charge < -0.3 is 5.11 Å². The van der Waals surface area contributed by atoms with Gasteiger partial charge in [0.05, 0.1) is 0 Å². The molecule has 2 rings (SSSR count). The Labute approximate surface area is 95.6 Å². The van der Waals surface area contributed by atoms with E-state index in [0.29, 0.717) is 5.92 Å². The molecular weight excluding hydrogens is 200 g/mol. The molecule has 0 spiro atoms. The minimum Gasteiger partial charge on any atom is -0.478 e. The Bertz CT molecular complexity index is 415. The van der Waals surface area contributed by atoms with Crippen LogP contribution >= 0.6 is 0 Å². The highest BCUT2D eigenvalue weighted by atomic mass is 16.4. The standard InChI is InChI=1S/C14H16O2/c1-10-2-5-12(6-3-10)13-7-4-11(8-13)9-14(15)16/h2-3,5-6,9,13H,4,7-8H2,1H3,(H,15,16)/b11-9+. The number of aryl methyl sites for hydroxylation is 1. The summed E-state index contributed by atoms with van der Waals surface area (Å²) in [6.07, 6.45) is 4.26. The van der Waals surface area contributed by atoms with Crippen molar-refractivity contribution in [3.05, 3.63) is 47.0 Å². The fraction of sp³-hybridized carbons (Fsp3) is 0.357. The van der Waals surface area contributed by atoms with Crippen LogP contribution in [0.4, 0.5) is 0 Å². The van der Waals surface area contributed by atoms with Gasteiger partial charge in [-0.25, -0.2) is 4.79 Å². The van der Waals surface area contributed by atoms with Crippen molar-refractivity contribution >= 4 is 5.97 Å². The second-order valence-corrected chi connectivity index (χ2v) is 4.49. The number of rotatable bonds is 2. The van der Waals surface area contributed by atoms with E-state index in [2.05, 4.69) is 31.2 Å². The van der Waals surface area contributed by atoms with Crippen molar-refractivity contribution in [2.24, 2.45) is 0 Å². The van der Waals surface area contributed by atoms with E-state index in [1.807, 2.05) is 0 Å². The van der Waals surface area contributed by atoms with Crippen molar-refractivity contribution in [1.82, 2.24) is 0 Å². The third-order valence-electron chi connectivity index (χ3n) is 3.20. The molecule has 0 heterocycles. The molecule has 1 N–H and O–H groups in total. The molecule has 0 saturated heterocycles. The maximum Gasteiger partial charge on any atom is 0.328 e. The minimum atomic E-state index is -0.820.